The van der Waals surface area contributed by atoms with Crippen LogP contribution in [0.25, 0.3) is 0 Å². The zero-order valence-electron chi connectivity index (χ0n) is 15.2. The molecule has 1 fully saturated rings. The minimum absolute atomic E-state index is 0.00184. The standard InChI is InChI=1S/C19H24N4O2S/c1-3-22(16-9-11-26(24,25)13-16)18-12-14(2)20-19(21-18)23-10-8-15-6-4-5-7-17(15)23/h4-7,12,16H,3,8-11,13H2,1-2H3. The number of hydrogen-bond donors (Lipinski definition) is 0. The van der Waals surface area contributed by atoms with Crippen LogP contribution < -0.4 is 9.80 Å². The number of sulfone groups is 1. The van der Waals surface area contributed by atoms with Crippen LogP contribution in [-0.2, 0) is 16.3 Å². The lowest BCUT2D eigenvalue weighted by atomic mass is 10.2. The maximum absolute atomic E-state index is 11.9. The molecule has 0 radical (unpaired) electrons. The van der Waals surface area contributed by atoms with Crippen molar-refractivity contribution in [2.24, 2.45) is 0 Å². The zero-order valence-corrected chi connectivity index (χ0v) is 16.0. The Hall–Kier alpha value is -2.15. The highest BCUT2D eigenvalue weighted by molar-refractivity contribution is 7.91. The van der Waals surface area contributed by atoms with Gasteiger partial charge in [-0.1, -0.05) is 18.2 Å². The Bertz CT molecular complexity index is 929. The fourth-order valence-corrected chi connectivity index (χ4v) is 5.71. The number of benzene rings is 1. The fourth-order valence-electron chi connectivity index (χ4n) is 3.98. The normalized spacial score (nSPS) is 21.0. The molecule has 1 unspecified atom stereocenters. The molecule has 0 aliphatic carbocycles. The molecule has 2 aromatic rings. The number of rotatable bonds is 4. The molecule has 2 aliphatic rings. The molecule has 0 amide bonds. The number of hydrogen-bond acceptors (Lipinski definition) is 6. The first-order valence-electron chi connectivity index (χ1n) is 9.15. The molecule has 0 saturated carbocycles. The summed E-state index contributed by atoms with van der Waals surface area (Å²) in [6, 6.07) is 10.3. The summed E-state index contributed by atoms with van der Waals surface area (Å²) < 4.78 is 23.8. The lowest BCUT2D eigenvalue weighted by molar-refractivity contribution is 0.599. The Morgan fingerprint density at radius 2 is 2.08 bits per heavy atom. The van der Waals surface area contributed by atoms with E-state index in [1.165, 1.54) is 5.56 Å². The van der Waals surface area contributed by atoms with Crippen molar-refractivity contribution in [2.45, 2.75) is 32.7 Å². The maximum atomic E-state index is 11.9. The van der Waals surface area contributed by atoms with E-state index in [2.05, 4.69) is 33.0 Å². The van der Waals surface area contributed by atoms with Gasteiger partial charge in [-0.15, -0.1) is 0 Å². The van der Waals surface area contributed by atoms with E-state index in [-0.39, 0.29) is 17.5 Å². The summed E-state index contributed by atoms with van der Waals surface area (Å²) in [7, 11) is -2.93. The summed E-state index contributed by atoms with van der Waals surface area (Å²) in [6.45, 7) is 5.61. The Morgan fingerprint density at radius 1 is 1.27 bits per heavy atom. The highest BCUT2D eigenvalue weighted by atomic mass is 32.2. The summed E-state index contributed by atoms with van der Waals surface area (Å²) in [5.74, 6) is 2.00. The quantitative estimate of drug-likeness (QED) is 0.821. The summed E-state index contributed by atoms with van der Waals surface area (Å²) >= 11 is 0. The molecule has 0 N–H and O–H groups in total. The molecule has 3 heterocycles. The highest BCUT2D eigenvalue weighted by Gasteiger charge is 2.33. The first-order chi connectivity index (χ1) is 12.5. The van der Waals surface area contributed by atoms with E-state index < -0.39 is 9.84 Å². The van der Waals surface area contributed by atoms with E-state index in [0.29, 0.717) is 12.4 Å². The van der Waals surface area contributed by atoms with Gasteiger partial charge in [-0.2, -0.15) is 4.98 Å². The Morgan fingerprint density at radius 3 is 2.81 bits per heavy atom. The van der Waals surface area contributed by atoms with Gasteiger partial charge in [-0.3, -0.25) is 0 Å². The van der Waals surface area contributed by atoms with Gasteiger partial charge in [-0.05, 0) is 38.3 Å². The summed E-state index contributed by atoms with van der Waals surface area (Å²) in [4.78, 5) is 13.8. The second-order valence-electron chi connectivity index (χ2n) is 7.04. The van der Waals surface area contributed by atoms with Crippen molar-refractivity contribution >= 4 is 27.3 Å². The van der Waals surface area contributed by atoms with Crippen LogP contribution in [-0.4, -0.2) is 49.0 Å². The van der Waals surface area contributed by atoms with E-state index in [1.807, 2.05) is 26.0 Å². The van der Waals surface area contributed by atoms with Gasteiger partial charge in [0.15, 0.2) is 9.84 Å². The van der Waals surface area contributed by atoms with Crippen molar-refractivity contribution in [3.63, 3.8) is 0 Å². The summed E-state index contributed by atoms with van der Waals surface area (Å²) in [5.41, 5.74) is 3.37. The van der Waals surface area contributed by atoms with Gasteiger partial charge in [0.1, 0.15) is 5.82 Å². The number of aryl methyl sites for hydroxylation is 1. The molecule has 138 valence electrons. The van der Waals surface area contributed by atoms with Gasteiger partial charge in [0.05, 0.1) is 11.5 Å². The average Bonchev–Trinajstić information content (AvgIpc) is 3.18. The number of para-hydroxylation sites is 1. The summed E-state index contributed by atoms with van der Waals surface area (Å²) in [6.07, 6.45) is 1.66. The molecule has 0 bridgehead atoms. The van der Waals surface area contributed by atoms with Crippen LogP contribution in [0.4, 0.5) is 17.5 Å². The molecule has 26 heavy (non-hydrogen) atoms. The van der Waals surface area contributed by atoms with Crippen molar-refractivity contribution in [2.75, 3.05) is 34.4 Å². The predicted octanol–water partition coefficient (Wildman–Crippen LogP) is 2.49. The monoisotopic (exact) mass is 372 g/mol. The Balaban J connectivity index is 1.69. The molecule has 6 nitrogen and oxygen atoms in total. The van der Waals surface area contributed by atoms with Crippen LogP contribution >= 0.6 is 0 Å². The van der Waals surface area contributed by atoms with Crippen molar-refractivity contribution in [1.82, 2.24) is 9.97 Å². The lowest BCUT2D eigenvalue weighted by Gasteiger charge is -2.29. The molecular weight excluding hydrogens is 348 g/mol. The molecule has 0 spiro atoms. The van der Waals surface area contributed by atoms with Gasteiger partial charge >= 0.3 is 0 Å². The van der Waals surface area contributed by atoms with Crippen LogP contribution in [0.3, 0.4) is 0 Å². The molecular formula is C19H24N4O2S. The van der Waals surface area contributed by atoms with E-state index >= 15 is 0 Å². The largest absolute Gasteiger partial charge is 0.353 e. The smallest absolute Gasteiger partial charge is 0.232 e. The number of fused-ring (bicyclic) bond motifs is 1. The fraction of sp³-hybridized carbons (Fsp3) is 0.474. The van der Waals surface area contributed by atoms with Crippen molar-refractivity contribution in [3.05, 3.63) is 41.6 Å². The van der Waals surface area contributed by atoms with Crippen molar-refractivity contribution in [1.29, 1.82) is 0 Å². The number of anilines is 3. The van der Waals surface area contributed by atoms with Crippen LogP contribution in [0.2, 0.25) is 0 Å². The van der Waals surface area contributed by atoms with Gasteiger partial charge in [0.2, 0.25) is 5.95 Å². The second-order valence-corrected chi connectivity index (χ2v) is 9.27. The third kappa shape index (κ3) is 3.16. The van der Waals surface area contributed by atoms with Crippen LogP contribution in [0.1, 0.15) is 24.6 Å². The minimum Gasteiger partial charge on any atom is -0.353 e. The SMILES string of the molecule is CCN(c1cc(C)nc(N2CCc3ccccc32)n1)C1CCS(=O)(=O)C1. The number of nitrogens with zero attached hydrogens (tertiary/aromatic N) is 4. The third-order valence-electron chi connectivity index (χ3n) is 5.24. The van der Waals surface area contributed by atoms with Gasteiger partial charge < -0.3 is 9.80 Å². The van der Waals surface area contributed by atoms with Gasteiger partial charge in [0.25, 0.3) is 0 Å². The number of aromatic nitrogens is 2. The first-order valence-corrected chi connectivity index (χ1v) is 11.0. The molecule has 2 aliphatic heterocycles. The average molecular weight is 372 g/mol. The zero-order chi connectivity index (χ0) is 18.3. The first kappa shape index (κ1) is 17.3. The van der Waals surface area contributed by atoms with Gasteiger partial charge in [0, 0.05) is 36.6 Å². The predicted molar refractivity (Wildman–Crippen MR) is 104 cm³/mol. The van der Waals surface area contributed by atoms with Crippen LogP contribution in [0.5, 0.6) is 0 Å². The van der Waals surface area contributed by atoms with Crippen LogP contribution in [0, 0.1) is 6.92 Å². The molecule has 1 atom stereocenters. The molecule has 1 aromatic heterocycles. The van der Waals surface area contributed by atoms with Crippen molar-refractivity contribution < 1.29 is 8.42 Å². The van der Waals surface area contributed by atoms with Crippen LogP contribution in [0.15, 0.2) is 30.3 Å². The minimum atomic E-state index is -2.93. The topological polar surface area (TPSA) is 66.4 Å². The maximum Gasteiger partial charge on any atom is 0.232 e. The van der Waals surface area contributed by atoms with Crippen molar-refractivity contribution in [3.8, 4) is 0 Å². The second kappa shape index (κ2) is 6.54. The lowest BCUT2D eigenvalue weighted by Crippen LogP contribution is -2.37. The molecule has 1 saturated heterocycles. The Kier molecular flexibility index (Phi) is 4.34. The molecule has 4 rings (SSSR count). The van der Waals surface area contributed by atoms with E-state index in [9.17, 15) is 8.42 Å². The summed E-state index contributed by atoms with van der Waals surface area (Å²) in [5, 5.41) is 0. The van der Waals surface area contributed by atoms with E-state index in [1.54, 1.807) is 0 Å². The molecule has 1 aromatic carbocycles. The third-order valence-corrected chi connectivity index (χ3v) is 6.99. The Labute approximate surface area is 154 Å². The van der Waals surface area contributed by atoms with E-state index in [4.69, 9.17) is 4.98 Å². The molecule has 7 heteroatoms. The van der Waals surface area contributed by atoms with Gasteiger partial charge in [-0.25, -0.2) is 13.4 Å². The van der Waals surface area contributed by atoms with E-state index in [0.717, 1.165) is 36.7 Å². The highest BCUT2D eigenvalue weighted by Crippen LogP contribution is 2.33.